The van der Waals surface area contributed by atoms with Crippen molar-refractivity contribution in [3.05, 3.63) is 12.7 Å². The molecule has 1 aliphatic rings. The van der Waals surface area contributed by atoms with Gasteiger partial charge in [-0.1, -0.05) is 6.08 Å². The molecule has 0 saturated carbocycles. The van der Waals surface area contributed by atoms with Crippen LogP contribution in [-0.2, 0) is 9.53 Å². The number of hydrogen-bond acceptors (Lipinski definition) is 3. The summed E-state index contributed by atoms with van der Waals surface area (Å²) in [6.45, 7) is 8.80. The summed E-state index contributed by atoms with van der Waals surface area (Å²) in [6, 6.07) is 0. The largest absolute Gasteiger partial charge is 0.466 e. The zero-order valence-corrected chi connectivity index (χ0v) is 8.87. The Morgan fingerprint density at radius 2 is 2.50 bits per heavy atom. The van der Waals surface area contributed by atoms with E-state index in [4.69, 9.17) is 4.74 Å². The predicted octanol–water partition coefficient (Wildman–Crippen LogP) is 1.45. The molecule has 0 bridgehead atoms. The number of carbonyl (C=O) groups excluding carboxylic acids is 1. The van der Waals surface area contributed by atoms with Crippen molar-refractivity contribution in [2.45, 2.75) is 19.8 Å². The third kappa shape index (κ3) is 3.14. The molecule has 3 nitrogen and oxygen atoms in total. The molecule has 3 heteroatoms. The Kier molecular flexibility index (Phi) is 4.66. The normalized spacial score (nSPS) is 23.1. The summed E-state index contributed by atoms with van der Waals surface area (Å²) in [6.07, 6.45) is 3.93. The molecule has 0 aromatic heterocycles. The summed E-state index contributed by atoms with van der Waals surface area (Å²) in [5.74, 6) is 0.0323. The highest BCUT2D eigenvalue weighted by Gasteiger charge is 2.25. The molecule has 0 radical (unpaired) electrons. The second-order valence-electron chi connectivity index (χ2n) is 3.64. The molecule has 0 N–H and O–H groups in total. The fraction of sp³-hybridized carbons (Fsp3) is 0.727. The maximum Gasteiger partial charge on any atom is 0.310 e. The Morgan fingerprint density at radius 1 is 1.71 bits per heavy atom. The van der Waals surface area contributed by atoms with Gasteiger partial charge in [0.15, 0.2) is 0 Å². The Morgan fingerprint density at radius 3 is 3.14 bits per heavy atom. The van der Waals surface area contributed by atoms with Gasteiger partial charge >= 0.3 is 5.97 Å². The fourth-order valence-electron chi connectivity index (χ4n) is 1.86. The second kappa shape index (κ2) is 5.81. The number of ether oxygens (including phenoxy) is 1. The third-order valence-electron chi connectivity index (χ3n) is 2.51. The third-order valence-corrected chi connectivity index (χ3v) is 2.51. The Labute approximate surface area is 85.7 Å². The summed E-state index contributed by atoms with van der Waals surface area (Å²) in [4.78, 5) is 13.7. The van der Waals surface area contributed by atoms with Crippen molar-refractivity contribution in [1.29, 1.82) is 0 Å². The zero-order chi connectivity index (χ0) is 10.4. The highest BCUT2D eigenvalue weighted by molar-refractivity contribution is 5.72. The highest BCUT2D eigenvalue weighted by atomic mass is 16.5. The van der Waals surface area contributed by atoms with Crippen LogP contribution in [0.3, 0.4) is 0 Å². The van der Waals surface area contributed by atoms with Crippen LogP contribution in [0.1, 0.15) is 19.8 Å². The summed E-state index contributed by atoms with van der Waals surface area (Å²) in [5, 5.41) is 0. The van der Waals surface area contributed by atoms with E-state index in [0.29, 0.717) is 6.61 Å². The number of likely N-dealkylation sites (tertiary alicyclic amines) is 1. The molecule has 0 amide bonds. The minimum atomic E-state index is -0.0405. The smallest absolute Gasteiger partial charge is 0.310 e. The van der Waals surface area contributed by atoms with Gasteiger partial charge in [0.25, 0.3) is 0 Å². The van der Waals surface area contributed by atoms with E-state index in [-0.39, 0.29) is 11.9 Å². The maximum atomic E-state index is 11.5. The SMILES string of the molecule is C=CCN1CCCC(C(=O)OCC)C1. The fourth-order valence-corrected chi connectivity index (χ4v) is 1.86. The van der Waals surface area contributed by atoms with Crippen molar-refractivity contribution >= 4 is 5.97 Å². The van der Waals surface area contributed by atoms with Crippen molar-refractivity contribution in [3.8, 4) is 0 Å². The molecule has 1 aliphatic heterocycles. The average molecular weight is 197 g/mol. The molecular formula is C11H19NO2. The summed E-state index contributed by atoms with van der Waals surface area (Å²) in [7, 11) is 0. The van der Waals surface area contributed by atoms with Gasteiger partial charge < -0.3 is 4.74 Å². The van der Waals surface area contributed by atoms with Crippen LogP contribution >= 0.6 is 0 Å². The molecule has 0 aromatic rings. The number of carbonyl (C=O) groups is 1. The first-order valence-electron chi connectivity index (χ1n) is 5.27. The van der Waals surface area contributed by atoms with Crippen LogP contribution in [0.5, 0.6) is 0 Å². The van der Waals surface area contributed by atoms with E-state index in [1.165, 1.54) is 0 Å². The molecular weight excluding hydrogens is 178 g/mol. The quantitative estimate of drug-likeness (QED) is 0.504. The zero-order valence-electron chi connectivity index (χ0n) is 8.87. The molecule has 0 aliphatic carbocycles. The van der Waals surface area contributed by atoms with Crippen molar-refractivity contribution in [3.63, 3.8) is 0 Å². The van der Waals surface area contributed by atoms with Crippen molar-refractivity contribution in [1.82, 2.24) is 4.90 Å². The van der Waals surface area contributed by atoms with Gasteiger partial charge in [-0.3, -0.25) is 9.69 Å². The van der Waals surface area contributed by atoms with Crippen LogP contribution in [0, 0.1) is 5.92 Å². The average Bonchev–Trinajstić information content (AvgIpc) is 2.19. The molecule has 80 valence electrons. The lowest BCUT2D eigenvalue weighted by atomic mass is 9.98. The Hall–Kier alpha value is -0.830. The first-order chi connectivity index (χ1) is 6.77. The van der Waals surface area contributed by atoms with E-state index in [1.807, 2.05) is 13.0 Å². The number of esters is 1. The van der Waals surface area contributed by atoms with Crippen LogP contribution in [0.15, 0.2) is 12.7 Å². The van der Waals surface area contributed by atoms with Gasteiger partial charge in [-0.15, -0.1) is 6.58 Å². The minimum Gasteiger partial charge on any atom is -0.466 e. The van der Waals surface area contributed by atoms with Crippen LogP contribution in [0.4, 0.5) is 0 Å². The first-order valence-corrected chi connectivity index (χ1v) is 5.27. The van der Waals surface area contributed by atoms with Crippen LogP contribution in [0.2, 0.25) is 0 Å². The first kappa shape index (κ1) is 11.2. The molecule has 14 heavy (non-hydrogen) atoms. The topological polar surface area (TPSA) is 29.5 Å². The van der Waals surface area contributed by atoms with Gasteiger partial charge in [0, 0.05) is 13.1 Å². The van der Waals surface area contributed by atoms with E-state index in [2.05, 4.69) is 11.5 Å². The van der Waals surface area contributed by atoms with Crippen LogP contribution < -0.4 is 0 Å². The molecule has 1 atom stereocenters. The van der Waals surface area contributed by atoms with Gasteiger partial charge in [-0.25, -0.2) is 0 Å². The van der Waals surface area contributed by atoms with E-state index in [0.717, 1.165) is 32.5 Å². The molecule has 1 heterocycles. The number of piperidine rings is 1. The van der Waals surface area contributed by atoms with E-state index >= 15 is 0 Å². The summed E-state index contributed by atoms with van der Waals surface area (Å²) < 4.78 is 5.02. The lowest BCUT2D eigenvalue weighted by molar-refractivity contribution is -0.149. The van der Waals surface area contributed by atoms with E-state index in [9.17, 15) is 4.79 Å². The number of rotatable bonds is 4. The van der Waals surface area contributed by atoms with Gasteiger partial charge in [0.2, 0.25) is 0 Å². The number of hydrogen-bond donors (Lipinski definition) is 0. The van der Waals surface area contributed by atoms with E-state index in [1.54, 1.807) is 0 Å². The summed E-state index contributed by atoms with van der Waals surface area (Å²) in [5.41, 5.74) is 0. The Balaban J connectivity index is 2.38. The lowest BCUT2D eigenvalue weighted by Gasteiger charge is -2.30. The Bertz CT molecular complexity index is 203. The monoisotopic (exact) mass is 197 g/mol. The molecule has 1 rings (SSSR count). The molecule has 1 fully saturated rings. The maximum absolute atomic E-state index is 11.5. The minimum absolute atomic E-state index is 0.0405. The van der Waals surface area contributed by atoms with Gasteiger partial charge in [0.05, 0.1) is 12.5 Å². The summed E-state index contributed by atoms with van der Waals surface area (Å²) >= 11 is 0. The molecule has 1 unspecified atom stereocenters. The van der Waals surface area contributed by atoms with Gasteiger partial charge in [-0.05, 0) is 26.3 Å². The molecule has 0 spiro atoms. The lowest BCUT2D eigenvalue weighted by Crippen LogP contribution is -2.39. The number of nitrogens with zero attached hydrogens (tertiary/aromatic N) is 1. The predicted molar refractivity (Wildman–Crippen MR) is 56.0 cm³/mol. The van der Waals surface area contributed by atoms with Crippen LogP contribution in [0.25, 0.3) is 0 Å². The van der Waals surface area contributed by atoms with Crippen LogP contribution in [-0.4, -0.2) is 37.1 Å². The van der Waals surface area contributed by atoms with Crippen molar-refractivity contribution in [2.24, 2.45) is 5.92 Å². The van der Waals surface area contributed by atoms with Gasteiger partial charge in [0.1, 0.15) is 0 Å². The standard InChI is InChI=1S/C11H19NO2/c1-3-7-12-8-5-6-10(9-12)11(13)14-4-2/h3,10H,1,4-9H2,2H3. The van der Waals surface area contributed by atoms with Gasteiger partial charge in [-0.2, -0.15) is 0 Å². The molecule has 1 saturated heterocycles. The second-order valence-corrected chi connectivity index (χ2v) is 3.64. The van der Waals surface area contributed by atoms with Crippen molar-refractivity contribution in [2.75, 3.05) is 26.2 Å². The van der Waals surface area contributed by atoms with E-state index < -0.39 is 0 Å². The highest BCUT2D eigenvalue weighted by Crippen LogP contribution is 2.17. The van der Waals surface area contributed by atoms with Crippen molar-refractivity contribution < 1.29 is 9.53 Å². The molecule has 0 aromatic carbocycles.